The van der Waals surface area contributed by atoms with Gasteiger partial charge in [0.15, 0.2) is 0 Å². The molecule has 1 aromatic carbocycles. The zero-order valence-electron chi connectivity index (χ0n) is 13.0. The van der Waals surface area contributed by atoms with Crippen molar-refractivity contribution in [2.75, 3.05) is 19.9 Å². The maximum absolute atomic E-state index is 5.83. The topological polar surface area (TPSA) is 24.5 Å². The molecular formula is C16H23BrN2OSi. The molecule has 3 nitrogen and oxygen atoms in total. The lowest BCUT2D eigenvalue weighted by molar-refractivity contribution is 0.0281. The van der Waals surface area contributed by atoms with Gasteiger partial charge in [0.25, 0.3) is 0 Å². The van der Waals surface area contributed by atoms with Gasteiger partial charge < -0.3 is 10.2 Å². The Kier molecular flexibility index (Phi) is 4.27. The van der Waals surface area contributed by atoms with Gasteiger partial charge >= 0.3 is 0 Å². The molecule has 21 heavy (non-hydrogen) atoms. The number of benzene rings is 1. The van der Waals surface area contributed by atoms with Crippen LogP contribution in [0.2, 0.25) is 25.7 Å². The minimum Gasteiger partial charge on any atom is -0.365 e. The third-order valence-corrected chi connectivity index (χ3v) is 6.19. The highest BCUT2D eigenvalue weighted by Gasteiger charge is 2.29. The van der Waals surface area contributed by atoms with Crippen LogP contribution in [0.3, 0.4) is 0 Å². The van der Waals surface area contributed by atoms with Gasteiger partial charge in [-0.2, -0.15) is 5.01 Å². The van der Waals surface area contributed by atoms with Gasteiger partial charge in [0.1, 0.15) is 6.73 Å². The molecule has 1 aliphatic heterocycles. The van der Waals surface area contributed by atoms with Crippen molar-refractivity contribution >= 4 is 29.7 Å². The van der Waals surface area contributed by atoms with E-state index in [0.717, 1.165) is 24.0 Å². The number of hydrogen-bond acceptors (Lipinski definition) is 3. The van der Waals surface area contributed by atoms with Crippen molar-refractivity contribution in [2.45, 2.75) is 32.1 Å². The minimum atomic E-state index is -0.988. The van der Waals surface area contributed by atoms with Gasteiger partial charge in [0.05, 0.1) is 5.70 Å². The highest BCUT2D eigenvalue weighted by molar-refractivity contribution is 9.10. The highest BCUT2D eigenvalue weighted by Crippen LogP contribution is 2.36. The first-order chi connectivity index (χ1) is 9.92. The van der Waals surface area contributed by atoms with Crippen molar-refractivity contribution < 1.29 is 4.74 Å². The lowest BCUT2D eigenvalue weighted by Gasteiger charge is -2.21. The first kappa shape index (κ1) is 15.3. The molecule has 0 saturated heterocycles. The van der Waals surface area contributed by atoms with Crippen LogP contribution >= 0.6 is 15.9 Å². The second-order valence-corrected chi connectivity index (χ2v) is 13.7. The highest BCUT2D eigenvalue weighted by atomic mass is 79.9. The second kappa shape index (κ2) is 5.87. The monoisotopic (exact) mass is 366 g/mol. The predicted molar refractivity (Wildman–Crippen MR) is 93.6 cm³/mol. The van der Waals surface area contributed by atoms with Gasteiger partial charge in [-0.3, -0.25) is 0 Å². The standard InChI is InChI=1S/C16H23BrN2OSi/c1-21(2,3)7-6-20-11-19-10-13-8-12-9-14(17)4-5-15(12)16(13)18-19/h4-5,9,18H,6-8,10-11H2,1-3H3. The Morgan fingerprint density at radius 1 is 1.33 bits per heavy atom. The summed E-state index contributed by atoms with van der Waals surface area (Å²) < 4.78 is 6.99. The van der Waals surface area contributed by atoms with Crippen molar-refractivity contribution in [3.8, 4) is 0 Å². The average Bonchev–Trinajstić information content (AvgIpc) is 2.89. The van der Waals surface area contributed by atoms with E-state index in [1.165, 1.54) is 28.4 Å². The molecule has 3 rings (SSSR count). The second-order valence-electron chi connectivity index (χ2n) is 7.11. The SMILES string of the molecule is C[Si](C)(C)CCOCN1CC2=C(N1)c1ccc(Br)cc1C2. The van der Waals surface area contributed by atoms with Crippen molar-refractivity contribution in [3.05, 3.63) is 39.4 Å². The van der Waals surface area contributed by atoms with Gasteiger partial charge in [0.2, 0.25) is 0 Å². The number of nitrogens with one attached hydrogen (secondary N) is 1. The van der Waals surface area contributed by atoms with E-state index in [1.807, 2.05) is 0 Å². The van der Waals surface area contributed by atoms with Crippen molar-refractivity contribution in [2.24, 2.45) is 0 Å². The number of nitrogens with zero attached hydrogens (tertiary/aromatic N) is 1. The molecule has 0 unspecified atom stereocenters. The Morgan fingerprint density at radius 2 is 2.14 bits per heavy atom. The number of halogens is 1. The van der Waals surface area contributed by atoms with Gasteiger partial charge in [-0.25, -0.2) is 0 Å². The molecule has 1 N–H and O–H groups in total. The van der Waals surface area contributed by atoms with Crippen LogP contribution in [-0.4, -0.2) is 33.0 Å². The maximum Gasteiger partial charge on any atom is 0.116 e. The number of rotatable bonds is 5. The van der Waals surface area contributed by atoms with E-state index in [4.69, 9.17) is 4.74 Å². The van der Waals surface area contributed by atoms with E-state index in [-0.39, 0.29) is 0 Å². The summed E-state index contributed by atoms with van der Waals surface area (Å²) in [7, 11) is -0.988. The molecule has 1 aromatic rings. The largest absolute Gasteiger partial charge is 0.365 e. The lowest BCUT2D eigenvalue weighted by Crippen LogP contribution is -2.35. The Morgan fingerprint density at radius 3 is 2.90 bits per heavy atom. The molecule has 0 spiro atoms. The van der Waals surface area contributed by atoms with Crippen LogP contribution < -0.4 is 5.43 Å². The molecule has 0 amide bonds. The van der Waals surface area contributed by atoms with Crippen molar-refractivity contribution in [1.82, 2.24) is 10.4 Å². The van der Waals surface area contributed by atoms with Crippen molar-refractivity contribution in [3.63, 3.8) is 0 Å². The molecule has 2 aliphatic rings. The third-order valence-electron chi connectivity index (χ3n) is 3.99. The Balaban J connectivity index is 1.51. The molecule has 0 saturated carbocycles. The van der Waals surface area contributed by atoms with Gasteiger partial charge in [-0.1, -0.05) is 41.6 Å². The summed E-state index contributed by atoms with van der Waals surface area (Å²) in [6, 6.07) is 7.77. The Bertz CT molecular complexity index is 580. The lowest BCUT2D eigenvalue weighted by atomic mass is 10.1. The first-order valence-corrected chi connectivity index (χ1v) is 12.0. The number of hydrazine groups is 1. The summed E-state index contributed by atoms with van der Waals surface area (Å²) in [6.45, 7) is 9.67. The normalized spacial score (nSPS) is 17.9. The number of ether oxygens (including phenoxy) is 1. The van der Waals surface area contributed by atoms with Crippen LogP contribution in [0.4, 0.5) is 0 Å². The van der Waals surface area contributed by atoms with E-state index in [0.29, 0.717) is 6.73 Å². The zero-order chi connectivity index (χ0) is 15.0. The summed E-state index contributed by atoms with van der Waals surface area (Å²) in [4.78, 5) is 0. The van der Waals surface area contributed by atoms with Crippen LogP contribution in [0.15, 0.2) is 28.2 Å². The van der Waals surface area contributed by atoms with Crippen molar-refractivity contribution in [1.29, 1.82) is 0 Å². The molecule has 1 heterocycles. The fourth-order valence-electron chi connectivity index (χ4n) is 2.79. The fourth-order valence-corrected chi connectivity index (χ4v) is 3.96. The molecule has 114 valence electrons. The van der Waals surface area contributed by atoms with E-state index in [2.05, 4.69) is 64.2 Å². The zero-order valence-corrected chi connectivity index (χ0v) is 15.6. The molecular weight excluding hydrogens is 344 g/mol. The summed E-state index contributed by atoms with van der Waals surface area (Å²) in [5.41, 5.74) is 9.05. The maximum atomic E-state index is 5.83. The Hall–Kier alpha value is -0.623. The Labute approximate surface area is 136 Å². The smallest absolute Gasteiger partial charge is 0.116 e. The van der Waals surface area contributed by atoms with Gasteiger partial charge in [-0.05, 0) is 35.7 Å². The van der Waals surface area contributed by atoms with E-state index >= 15 is 0 Å². The summed E-state index contributed by atoms with van der Waals surface area (Å²) in [5.74, 6) is 0. The van der Waals surface area contributed by atoms with E-state index in [9.17, 15) is 0 Å². The van der Waals surface area contributed by atoms with Crippen LogP contribution in [0, 0.1) is 0 Å². The third kappa shape index (κ3) is 3.59. The summed E-state index contributed by atoms with van der Waals surface area (Å²) in [6.07, 6.45) is 1.06. The predicted octanol–water partition coefficient (Wildman–Crippen LogP) is 3.85. The van der Waals surface area contributed by atoms with Crippen LogP contribution in [0.5, 0.6) is 0 Å². The van der Waals surface area contributed by atoms with E-state index < -0.39 is 8.07 Å². The van der Waals surface area contributed by atoms with Gasteiger partial charge in [-0.15, -0.1) is 0 Å². The number of fused-ring (bicyclic) bond motifs is 2. The summed E-state index contributed by atoms with van der Waals surface area (Å²) in [5, 5.41) is 2.18. The fraction of sp³-hybridized carbons (Fsp3) is 0.500. The number of hydrogen-bond donors (Lipinski definition) is 1. The molecule has 0 radical (unpaired) electrons. The minimum absolute atomic E-state index is 0.670. The quantitative estimate of drug-likeness (QED) is 0.632. The summed E-state index contributed by atoms with van der Waals surface area (Å²) >= 11 is 3.55. The average molecular weight is 367 g/mol. The molecule has 1 aliphatic carbocycles. The van der Waals surface area contributed by atoms with Crippen LogP contribution in [0.1, 0.15) is 11.1 Å². The van der Waals surface area contributed by atoms with Crippen LogP contribution in [-0.2, 0) is 11.2 Å². The molecule has 0 atom stereocenters. The molecule has 5 heteroatoms. The molecule has 0 fully saturated rings. The molecule has 0 bridgehead atoms. The van der Waals surface area contributed by atoms with E-state index in [1.54, 1.807) is 0 Å². The van der Waals surface area contributed by atoms with Crippen LogP contribution in [0.25, 0.3) is 5.70 Å². The van der Waals surface area contributed by atoms with Gasteiger partial charge in [0, 0.05) is 31.3 Å². The molecule has 0 aromatic heterocycles. The first-order valence-electron chi connectivity index (χ1n) is 7.52.